The Hall–Kier alpha value is -1.42. The summed E-state index contributed by atoms with van der Waals surface area (Å²) in [6, 6.07) is 13.2. The first-order chi connectivity index (χ1) is 11.1. The standard InChI is InChI=1S/C14H7O2.3C2H5.Sn/c15-13-9-5-1-2-6-10(9)14(16)12-8-4-3-7-11(12)13;3*1-2;/h1-3,5-8H;3*1H2,2H3;. The molecule has 0 radical (unpaired) electrons. The molecule has 0 saturated carbocycles. The Morgan fingerprint density at radius 3 is 1.70 bits per heavy atom. The van der Waals surface area contributed by atoms with E-state index in [1.54, 1.807) is 12.1 Å². The SMILES string of the molecule is C[CH2][Sn]([CH2]C)([CH2]C)[c]1ccc2c(c1)C(=O)c1ccccc1C2=O. The first kappa shape index (κ1) is 16.4. The zero-order valence-electron chi connectivity index (χ0n) is 14.0. The van der Waals surface area contributed by atoms with Crippen molar-refractivity contribution in [3.63, 3.8) is 0 Å². The molecule has 0 unspecified atom stereocenters. The van der Waals surface area contributed by atoms with E-state index in [0.717, 1.165) is 0 Å². The van der Waals surface area contributed by atoms with E-state index in [9.17, 15) is 9.59 Å². The Kier molecular flexibility index (Phi) is 4.45. The van der Waals surface area contributed by atoms with Gasteiger partial charge < -0.3 is 0 Å². The van der Waals surface area contributed by atoms with Crippen LogP contribution in [0.15, 0.2) is 42.5 Å². The predicted molar refractivity (Wildman–Crippen MR) is 96.6 cm³/mol. The molecule has 0 bridgehead atoms. The van der Waals surface area contributed by atoms with Crippen LogP contribution in [0.3, 0.4) is 0 Å². The minimum atomic E-state index is -2.40. The van der Waals surface area contributed by atoms with E-state index in [4.69, 9.17) is 0 Å². The third-order valence-corrected chi connectivity index (χ3v) is 21.5. The second-order valence-corrected chi connectivity index (χ2v) is 21.3. The maximum absolute atomic E-state index is 12.9. The number of carbonyl (C=O) groups excluding carboxylic acids is 2. The summed E-state index contributed by atoms with van der Waals surface area (Å²) in [7, 11) is 0. The molecule has 0 atom stereocenters. The fraction of sp³-hybridized carbons (Fsp3) is 0.300. The molecule has 118 valence electrons. The molecule has 2 nitrogen and oxygen atoms in total. The van der Waals surface area contributed by atoms with Crippen molar-refractivity contribution in [3.05, 3.63) is 64.7 Å². The van der Waals surface area contributed by atoms with Gasteiger partial charge in [-0.25, -0.2) is 0 Å². The normalized spacial score (nSPS) is 13.7. The summed E-state index contributed by atoms with van der Waals surface area (Å²) in [6.07, 6.45) is 0. The van der Waals surface area contributed by atoms with Crippen LogP contribution in [0.5, 0.6) is 0 Å². The predicted octanol–water partition coefficient (Wildman–Crippen LogP) is 4.18. The maximum atomic E-state index is 12.9. The Labute approximate surface area is 141 Å². The molecule has 0 heterocycles. The summed E-state index contributed by atoms with van der Waals surface area (Å²) < 4.78 is 5.09. The molecule has 3 rings (SSSR count). The van der Waals surface area contributed by atoms with Crippen molar-refractivity contribution in [2.45, 2.75) is 34.1 Å². The van der Waals surface area contributed by atoms with Crippen molar-refractivity contribution >= 4 is 33.5 Å². The van der Waals surface area contributed by atoms with Gasteiger partial charge in [-0.15, -0.1) is 0 Å². The molecular formula is C20H22O2Sn. The van der Waals surface area contributed by atoms with Crippen LogP contribution in [-0.4, -0.2) is 29.9 Å². The number of benzene rings is 2. The van der Waals surface area contributed by atoms with Gasteiger partial charge in [0.1, 0.15) is 0 Å². The summed E-state index contributed by atoms with van der Waals surface area (Å²) in [4.78, 5) is 25.6. The van der Waals surface area contributed by atoms with E-state index < -0.39 is 18.4 Å². The van der Waals surface area contributed by atoms with Crippen LogP contribution >= 0.6 is 0 Å². The third-order valence-electron chi connectivity index (χ3n) is 5.57. The molecule has 23 heavy (non-hydrogen) atoms. The summed E-state index contributed by atoms with van der Waals surface area (Å²) in [6.45, 7) is 6.85. The van der Waals surface area contributed by atoms with Crippen molar-refractivity contribution in [2.75, 3.05) is 0 Å². The van der Waals surface area contributed by atoms with Gasteiger partial charge in [0, 0.05) is 0 Å². The van der Waals surface area contributed by atoms with Gasteiger partial charge in [-0.2, -0.15) is 0 Å². The van der Waals surface area contributed by atoms with E-state index in [0.29, 0.717) is 22.3 Å². The van der Waals surface area contributed by atoms with Gasteiger partial charge in [-0.1, -0.05) is 0 Å². The van der Waals surface area contributed by atoms with E-state index in [2.05, 4.69) is 32.9 Å². The molecule has 0 spiro atoms. The fourth-order valence-electron chi connectivity index (χ4n) is 3.79. The fourth-order valence-corrected chi connectivity index (χ4v) is 14.1. The summed E-state index contributed by atoms with van der Waals surface area (Å²) in [5.74, 6) is -0.0207. The van der Waals surface area contributed by atoms with E-state index >= 15 is 0 Å². The number of carbonyl (C=O) groups is 2. The third kappa shape index (κ3) is 2.47. The Balaban J connectivity index is 2.18. The van der Waals surface area contributed by atoms with Gasteiger partial charge in [-0.3, -0.25) is 0 Å². The molecule has 0 N–H and O–H groups in total. The van der Waals surface area contributed by atoms with Gasteiger partial charge in [0.2, 0.25) is 0 Å². The average molecular weight is 413 g/mol. The van der Waals surface area contributed by atoms with Gasteiger partial charge in [0.05, 0.1) is 0 Å². The number of ketones is 2. The van der Waals surface area contributed by atoms with Crippen LogP contribution in [0.4, 0.5) is 0 Å². The minimum absolute atomic E-state index is 0.000507. The zero-order valence-corrected chi connectivity index (χ0v) is 16.8. The van der Waals surface area contributed by atoms with Crippen molar-refractivity contribution < 1.29 is 9.59 Å². The van der Waals surface area contributed by atoms with Gasteiger partial charge in [0.25, 0.3) is 0 Å². The Morgan fingerprint density at radius 1 is 0.696 bits per heavy atom. The summed E-state index contributed by atoms with van der Waals surface area (Å²) >= 11 is -2.40. The van der Waals surface area contributed by atoms with Crippen LogP contribution in [0.25, 0.3) is 0 Å². The van der Waals surface area contributed by atoms with Crippen molar-refractivity contribution in [2.24, 2.45) is 0 Å². The van der Waals surface area contributed by atoms with E-state index in [1.165, 1.54) is 16.9 Å². The quantitative estimate of drug-likeness (QED) is 0.602. The molecule has 0 fully saturated rings. The first-order valence-electron chi connectivity index (χ1n) is 8.41. The number of fused-ring (bicyclic) bond motifs is 2. The molecule has 2 aromatic rings. The molecular weight excluding hydrogens is 391 g/mol. The topological polar surface area (TPSA) is 34.1 Å². The van der Waals surface area contributed by atoms with Gasteiger partial charge in [0.15, 0.2) is 0 Å². The molecule has 0 aromatic heterocycles. The molecule has 2 aromatic carbocycles. The zero-order chi connectivity index (χ0) is 16.6. The van der Waals surface area contributed by atoms with Gasteiger partial charge >= 0.3 is 142 Å². The second-order valence-electron chi connectivity index (χ2n) is 6.31. The van der Waals surface area contributed by atoms with Crippen molar-refractivity contribution in [3.8, 4) is 0 Å². The number of hydrogen-bond donors (Lipinski definition) is 0. The van der Waals surface area contributed by atoms with Crippen LogP contribution in [0.1, 0.15) is 52.6 Å². The number of hydrogen-bond acceptors (Lipinski definition) is 2. The van der Waals surface area contributed by atoms with E-state index in [-0.39, 0.29) is 11.6 Å². The van der Waals surface area contributed by atoms with Crippen LogP contribution in [0, 0.1) is 0 Å². The number of rotatable bonds is 4. The monoisotopic (exact) mass is 414 g/mol. The molecule has 1 aliphatic carbocycles. The van der Waals surface area contributed by atoms with Crippen molar-refractivity contribution in [1.29, 1.82) is 0 Å². The van der Waals surface area contributed by atoms with E-state index in [1.807, 2.05) is 18.2 Å². The first-order valence-corrected chi connectivity index (χ1v) is 15.9. The molecule has 0 aliphatic heterocycles. The van der Waals surface area contributed by atoms with Crippen molar-refractivity contribution in [1.82, 2.24) is 0 Å². The Bertz CT molecular complexity index is 780. The molecule has 0 amide bonds. The van der Waals surface area contributed by atoms with Crippen LogP contribution in [-0.2, 0) is 0 Å². The Morgan fingerprint density at radius 2 is 1.17 bits per heavy atom. The molecule has 0 saturated heterocycles. The second kappa shape index (κ2) is 6.23. The summed E-state index contributed by atoms with van der Waals surface area (Å²) in [5, 5.41) is 0. The van der Waals surface area contributed by atoms with Crippen LogP contribution < -0.4 is 3.58 Å². The van der Waals surface area contributed by atoms with Crippen LogP contribution in [0.2, 0.25) is 13.3 Å². The summed E-state index contributed by atoms with van der Waals surface area (Å²) in [5.41, 5.74) is 2.27. The average Bonchev–Trinajstić information content (AvgIpc) is 2.61. The van der Waals surface area contributed by atoms with Gasteiger partial charge in [-0.05, 0) is 0 Å². The molecule has 1 aliphatic rings. The molecule has 3 heteroatoms.